The number of phenols is 1. The Morgan fingerprint density at radius 2 is 1.74 bits per heavy atom. The van der Waals surface area contributed by atoms with Gasteiger partial charge in [-0.2, -0.15) is 0 Å². The van der Waals surface area contributed by atoms with Crippen LogP contribution in [0.25, 0.3) is 0 Å². The molecule has 1 unspecified atom stereocenters. The number of hydrogen-bond acceptors (Lipinski definition) is 3. The fourth-order valence-corrected chi connectivity index (χ4v) is 2.65. The van der Waals surface area contributed by atoms with Gasteiger partial charge in [-0.1, -0.05) is 30.3 Å². The van der Waals surface area contributed by atoms with E-state index < -0.39 is 0 Å². The Morgan fingerprint density at radius 1 is 1.05 bits per heavy atom. The summed E-state index contributed by atoms with van der Waals surface area (Å²) in [5.41, 5.74) is 1.20. The Bertz CT molecular complexity index is 484. The van der Waals surface area contributed by atoms with E-state index in [2.05, 4.69) is 36.5 Å². The van der Waals surface area contributed by atoms with Crippen LogP contribution in [0.15, 0.2) is 59.5 Å². The highest BCUT2D eigenvalue weighted by Crippen LogP contribution is 2.18. The van der Waals surface area contributed by atoms with Gasteiger partial charge in [0.1, 0.15) is 5.75 Å². The van der Waals surface area contributed by atoms with Crippen molar-refractivity contribution in [1.29, 1.82) is 0 Å². The zero-order valence-electron chi connectivity index (χ0n) is 11.0. The maximum atomic E-state index is 9.25. The van der Waals surface area contributed by atoms with Crippen LogP contribution in [-0.2, 0) is 0 Å². The molecule has 0 heterocycles. The Hall–Kier alpha value is -1.45. The van der Waals surface area contributed by atoms with E-state index in [4.69, 9.17) is 0 Å². The minimum Gasteiger partial charge on any atom is -0.508 e. The highest BCUT2D eigenvalue weighted by atomic mass is 32.2. The number of aromatic hydroxyl groups is 1. The molecular formula is C16H19NOS. The average molecular weight is 273 g/mol. The average Bonchev–Trinajstić information content (AvgIpc) is 2.45. The zero-order valence-corrected chi connectivity index (χ0v) is 11.9. The van der Waals surface area contributed by atoms with Crippen molar-refractivity contribution in [3.05, 3.63) is 60.2 Å². The number of nitrogens with one attached hydrogen (secondary N) is 1. The summed E-state index contributed by atoms with van der Waals surface area (Å²) in [6.07, 6.45) is 0. The molecule has 2 aromatic rings. The Kier molecular flexibility index (Phi) is 5.31. The number of benzene rings is 2. The van der Waals surface area contributed by atoms with Crippen molar-refractivity contribution in [3.8, 4) is 5.75 Å². The molecule has 1 atom stereocenters. The van der Waals surface area contributed by atoms with E-state index in [1.54, 1.807) is 12.1 Å². The van der Waals surface area contributed by atoms with Gasteiger partial charge in [-0.05, 0) is 36.8 Å². The van der Waals surface area contributed by atoms with Gasteiger partial charge in [-0.15, -0.1) is 11.8 Å². The third-order valence-electron chi connectivity index (χ3n) is 2.96. The molecule has 19 heavy (non-hydrogen) atoms. The molecular weight excluding hydrogens is 254 g/mol. The first-order valence-electron chi connectivity index (χ1n) is 6.46. The van der Waals surface area contributed by atoms with Crippen molar-refractivity contribution >= 4 is 11.8 Å². The molecule has 2 rings (SSSR count). The maximum absolute atomic E-state index is 9.25. The summed E-state index contributed by atoms with van der Waals surface area (Å²) in [7, 11) is 0. The predicted octanol–water partition coefficient (Wildman–Crippen LogP) is 3.84. The van der Waals surface area contributed by atoms with Gasteiger partial charge in [0.2, 0.25) is 0 Å². The van der Waals surface area contributed by atoms with Crippen molar-refractivity contribution in [1.82, 2.24) is 5.32 Å². The third kappa shape index (κ3) is 4.62. The van der Waals surface area contributed by atoms with Gasteiger partial charge in [0.25, 0.3) is 0 Å². The van der Waals surface area contributed by atoms with Gasteiger partial charge in [-0.25, -0.2) is 0 Å². The molecule has 2 N–H and O–H groups in total. The van der Waals surface area contributed by atoms with Gasteiger partial charge < -0.3 is 10.4 Å². The highest BCUT2D eigenvalue weighted by molar-refractivity contribution is 7.99. The van der Waals surface area contributed by atoms with Gasteiger partial charge in [0.15, 0.2) is 0 Å². The van der Waals surface area contributed by atoms with Crippen LogP contribution in [0.2, 0.25) is 0 Å². The molecule has 0 aliphatic rings. The molecule has 2 nitrogen and oxygen atoms in total. The van der Waals surface area contributed by atoms with Crippen molar-refractivity contribution < 1.29 is 5.11 Å². The Morgan fingerprint density at radius 3 is 2.42 bits per heavy atom. The van der Waals surface area contributed by atoms with Gasteiger partial charge in [-0.3, -0.25) is 0 Å². The first-order chi connectivity index (χ1) is 9.25. The quantitative estimate of drug-likeness (QED) is 0.619. The first kappa shape index (κ1) is 14.0. The second kappa shape index (κ2) is 7.22. The van der Waals surface area contributed by atoms with E-state index in [1.165, 1.54) is 10.5 Å². The van der Waals surface area contributed by atoms with E-state index >= 15 is 0 Å². The largest absolute Gasteiger partial charge is 0.508 e. The summed E-state index contributed by atoms with van der Waals surface area (Å²) in [6, 6.07) is 18.1. The molecule has 0 amide bonds. The van der Waals surface area contributed by atoms with E-state index in [9.17, 15) is 5.11 Å². The lowest BCUT2D eigenvalue weighted by atomic mass is 10.1. The second-order valence-corrected chi connectivity index (χ2v) is 5.60. The van der Waals surface area contributed by atoms with E-state index in [-0.39, 0.29) is 0 Å². The number of phenolic OH excluding ortho intramolecular Hbond substituents is 1. The van der Waals surface area contributed by atoms with Gasteiger partial charge in [0.05, 0.1) is 0 Å². The normalized spacial score (nSPS) is 12.3. The molecule has 0 spiro atoms. The monoisotopic (exact) mass is 273 g/mol. The third-order valence-corrected chi connectivity index (χ3v) is 3.97. The molecule has 3 heteroatoms. The summed E-state index contributed by atoms with van der Waals surface area (Å²) in [5, 5.41) is 12.7. The molecule has 0 radical (unpaired) electrons. The lowest BCUT2D eigenvalue weighted by molar-refractivity contribution is 0.474. The maximum Gasteiger partial charge on any atom is 0.115 e. The molecule has 100 valence electrons. The predicted molar refractivity (Wildman–Crippen MR) is 81.7 cm³/mol. The van der Waals surface area contributed by atoms with Crippen molar-refractivity contribution in [3.63, 3.8) is 0 Å². The van der Waals surface area contributed by atoms with Crippen molar-refractivity contribution in [2.24, 2.45) is 0 Å². The van der Waals surface area contributed by atoms with Crippen LogP contribution in [0.3, 0.4) is 0 Å². The van der Waals surface area contributed by atoms with Crippen molar-refractivity contribution in [2.45, 2.75) is 17.9 Å². The summed E-state index contributed by atoms with van der Waals surface area (Å²) >= 11 is 1.86. The molecule has 0 aromatic heterocycles. The van der Waals surface area contributed by atoms with E-state index in [0.29, 0.717) is 11.8 Å². The van der Waals surface area contributed by atoms with Crippen LogP contribution >= 0.6 is 11.8 Å². The summed E-state index contributed by atoms with van der Waals surface area (Å²) in [4.78, 5) is 1.31. The molecule has 0 aliphatic heterocycles. The topological polar surface area (TPSA) is 32.3 Å². The molecule has 0 aliphatic carbocycles. The molecule has 2 aromatic carbocycles. The lowest BCUT2D eigenvalue weighted by Gasteiger charge is -2.14. The second-order valence-electron chi connectivity index (χ2n) is 4.43. The standard InChI is InChI=1S/C16H19NOS/c1-13(14-7-9-15(18)10-8-14)17-11-12-19-16-5-3-2-4-6-16/h2-10,13,17-18H,11-12H2,1H3. The minimum atomic E-state index is 0.303. The molecule has 0 bridgehead atoms. The first-order valence-corrected chi connectivity index (χ1v) is 7.44. The van der Waals surface area contributed by atoms with Crippen LogP contribution in [0, 0.1) is 0 Å². The zero-order chi connectivity index (χ0) is 13.5. The number of thioether (sulfide) groups is 1. The Balaban J connectivity index is 1.72. The highest BCUT2D eigenvalue weighted by Gasteiger charge is 2.04. The van der Waals surface area contributed by atoms with Gasteiger partial charge in [0, 0.05) is 23.2 Å². The molecule has 0 fully saturated rings. The number of hydrogen-bond donors (Lipinski definition) is 2. The molecule has 0 saturated carbocycles. The van der Waals surface area contributed by atoms with Crippen LogP contribution in [-0.4, -0.2) is 17.4 Å². The van der Waals surface area contributed by atoms with Crippen LogP contribution < -0.4 is 5.32 Å². The summed E-state index contributed by atoms with van der Waals surface area (Å²) in [5.74, 6) is 1.36. The van der Waals surface area contributed by atoms with E-state index in [1.807, 2.05) is 30.0 Å². The SMILES string of the molecule is CC(NCCSc1ccccc1)c1ccc(O)cc1. The lowest BCUT2D eigenvalue weighted by Crippen LogP contribution is -2.21. The van der Waals surface area contributed by atoms with Crippen LogP contribution in [0.5, 0.6) is 5.75 Å². The summed E-state index contributed by atoms with van der Waals surface area (Å²) in [6.45, 7) is 3.10. The smallest absolute Gasteiger partial charge is 0.115 e. The van der Waals surface area contributed by atoms with Gasteiger partial charge >= 0.3 is 0 Å². The molecule has 0 saturated heterocycles. The minimum absolute atomic E-state index is 0.303. The fourth-order valence-electron chi connectivity index (χ4n) is 1.84. The van der Waals surface area contributed by atoms with E-state index in [0.717, 1.165) is 12.3 Å². The number of rotatable bonds is 6. The fraction of sp³-hybridized carbons (Fsp3) is 0.250. The van der Waals surface area contributed by atoms with Crippen LogP contribution in [0.4, 0.5) is 0 Å². The Labute approximate surface area is 118 Å². The van der Waals surface area contributed by atoms with Crippen molar-refractivity contribution in [2.75, 3.05) is 12.3 Å². The van der Waals surface area contributed by atoms with Crippen LogP contribution in [0.1, 0.15) is 18.5 Å². The summed E-state index contributed by atoms with van der Waals surface area (Å²) < 4.78 is 0.